The summed E-state index contributed by atoms with van der Waals surface area (Å²) in [6.45, 7) is 4.85. The highest BCUT2D eigenvalue weighted by atomic mass is 16.4. The van der Waals surface area contributed by atoms with Crippen molar-refractivity contribution in [2.45, 2.75) is 32.4 Å². The summed E-state index contributed by atoms with van der Waals surface area (Å²) >= 11 is 0. The standard InChI is InChI=1S/C18H23N5O2/c24-18-23(16-6-1-2-7-17(16)25-18)10-4-9-21-8-3-5-15(11-21)12-22-14-19-13-20-22/h1-2,6-7,13-15H,3-5,8-12H2/t15-/m0/s1. The van der Waals surface area contributed by atoms with E-state index in [2.05, 4.69) is 15.0 Å². The highest BCUT2D eigenvalue weighted by Gasteiger charge is 2.20. The summed E-state index contributed by atoms with van der Waals surface area (Å²) in [5, 5.41) is 4.21. The van der Waals surface area contributed by atoms with Crippen LogP contribution < -0.4 is 5.76 Å². The molecule has 132 valence electrons. The third-order valence-corrected chi connectivity index (χ3v) is 4.94. The molecule has 1 aromatic carbocycles. The number of para-hydroxylation sites is 2. The van der Waals surface area contributed by atoms with Crippen molar-refractivity contribution < 1.29 is 4.42 Å². The number of likely N-dealkylation sites (tertiary alicyclic amines) is 1. The van der Waals surface area contributed by atoms with E-state index >= 15 is 0 Å². The van der Waals surface area contributed by atoms with Crippen LogP contribution in [0.2, 0.25) is 0 Å². The van der Waals surface area contributed by atoms with Crippen molar-refractivity contribution in [1.82, 2.24) is 24.2 Å². The van der Waals surface area contributed by atoms with Crippen LogP contribution in [0.5, 0.6) is 0 Å². The molecule has 3 aromatic rings. The molecule has 3 heterocycles. The van der Waals surface area contributed by atoms with Crippen LogP contribution in [0.4, 0.5) is 0 Å². The van der Waals surface area contributed by atoms with Crippen LogP contribution in [-0.2, 0) is 13.1 Å². The smallest absolute Gasteiger partial charge is 0.408 e. The molecular weight excluding hydrogens is 318 g/mol. The minimum Gasteiger partial charge on any atom is -0.408 e. The number of hydrogen-bond donors (Lipinski definition) is 0. The van der Waals surface area contributed by atoms with E-state index < -0.39 is 0 Å². The third kappa shape index (κ3) is 3.66. The fraction of sp³-hybridized carbons (Fsp3) is 0.500. The molecule has 25 heavy (non-hydrogen) atoms. The molecule has 0 spiro atoms. The highest BCUT2D eigenvalue weighted by molar-refractivity contribution is 5.72. The average Bonchev–Trinajstić information content (AvgIpc) is 3.23. The molecule has 2 aromatic heterocycles. The lowest BCUT2D eigenvalue weighted by Gasteiger charge is -2.32. The lowest BCUT2D eigenvalue weighted by molar-refractivity contribution is 0.156. The molecule has 7 nitrogen and oxygen atoms in total. The number of hydrogen-bond acceptors (Lipinski definition) is 5. The number of rotatable bonds is 6. The van der Waals surface area contributed by atoms with Crippen molar-refractivity contribution >= 4 is 11.1 Å². The molecule has 1 saturated heterocycles. The first kappa shape index (κ1) is 16.1. The maximum Gasteiger partial charge on any atom is 0.419 e. The maximum absolute atomic E-state index is 12.0. The summed E-state index contributed by atoms with van der Waals surface area (Å²) < 4.78 is 8.96. The van der Waals surface area contributed by atoms with Crippen molar-refractivity contribution in [2.24, 2.45) is 5.92 Å². The first-order chi connectivity index (χ1) is 12.3. The Balaban J connectivity index is 1.32. The van der Waals surface area contributed by atoms with Crippen LogP contribution in [-0.4, -0.2) is 43.9 Å². The van der Waals surface area contributed by atoms with Gasteiger partial charge in [0.15, 0.2) is 5.58 Å². The summed E-state index contributed by atoms with van der Waals surface area (Å²) in [4.78, 5) is 18.5. The Bertz CT molecular complexity index is 867. The molecule has 0 amide bonds. The lowest BCUT2D eigenvalue weighted by Crippen LogP contribution is -2.38. The molecule has 0 saturated carbocycles. The Kier molecular flexibility index (Phi) is 4.65. The van der Waals surface area contributed by atoms with Gasteiger partial charge in [0.2, 0.25) is 0 Å². The van der Waals surface area contributed by atoms with Gasteiger partial charge in [0.1, 0.15) is 12.7 Å². The number of nitrogens with zero attached hydrogens (tertiary/aromatic N) is 5. The van der Waals surface area contributed by atoms with Crippen molar-refractivity contribution in [3.63, 3.8) is 0 Å². The van der Waals surface area contributed by atoms with Gasteiger partial charge in [-0.2, -0.15) is 5.10 Å². The third-order valence-electron chi connectivity index (χ3n) is 4.94. The van der Waals surface area contributed by atoms with Gasteiger partial charge < -0.3 is 9.32 Å². The van der Waals surface area contributed by atoms with Crippen LogP contribution in [0, 0.1) is 5.92 Å². The monoisotopic (exact) mass is 341 g/mol. The van der Waals surface area contributed by atoms with E-state index in [1.807, 2.05) is 28.9 Å². The molecule has 0 aliphatic carbocycles. The van der Waals surface area contributed by atoms with E-state index in [0.717, 1.165) is 38.1 Å². The molecule has 0 N–H and O–H groups in total. The first-order valence-corrected chi connectivity index (χ1v) is 8.93. The quantitative estimate of drug-likeness (QED) is 0.686. The van der Waals surface area contributed by atoms with Crippen molar-refractivity contribution in [1.29, 1.82) is 0 Å². The molecule has 1 fully saturated rings. The Morgan fingerprint density at radius 2 is 2.16 bits per heavy atom. The van der Waals surface area contributed by atoms with E-state index in [1.165, 1.54) is 12.8 Å². The van der Waals surface area contributed by atoms with Gasteiger partial charge in [-0.05, 0) is 50.4 Å². The molecule has 7 heteroatoms. The summed E-state index contributed by atoms with van der Waals surface area (Å²) in [5.41, 5.74) is 1.55. The number of fused-ring (bicyclic) bond motifs is 1. The molecule has 0 radical (unpaired) electrons. The van der Waals surface area contributed by atoms with Crippen LogP contribution in [0.15, 0.2) is 46.1 Å². The van der Waals surface area contributed by atoms with Crippen LogP contribution >= 0.6 is 0 Å². The van der Waals surface area contributed by atoms with Gasteiger partial charge in [-0.3, -0.25) is 9.25 Å². The molecular formula is C18H23N5O2. The summed E-state index contributed by atoms with van der Waals surface area (Å²) in [7, 11) is 0. The zero-order valence-electron chi connectivity index (χ0n) is 14.3. The molecule has 0 unspecified atom stereocenters. The Labute approximate surface area is 145 Å². The minimum atomic E-state index is -0.260. The summed E-state index contributed by atoms with van der Waals surface area (Å²) in [6.07, 6.45) is 6.78. The summed E-state index contributed by atoms with van der Waals surface area (Å²) in [5.74, 6) is 0.358. The Hall–Kier alpha value is -2.41. The Morgan fingerprint density at radius 1 is 1.24 bits per heavy atom. The highest BCUT2D eigenvalue weighted by Crippen LogP contribution is 2.18. The van der Waals surface area contributed by atoms with E-state index in [0.29, 0.717) is 18.0 Å². The largest absolute Gasteiger partial charge is 0.419 e. The average molecular weight is 341 g/mol. The van der Waals surface area contributed by atoms with Crippen LogP contribution in [0.25, 0.3) is 11.1 Å². The zero-order valence-corrected chi connectivity index (χ0v) is 14.3. The second-order valence-corrected chi connectivity index (χ2v) is 6.77. The predicted octanol–water partition coefficient (Wildman–Crippen LogP) is 1.99. The van der Waals surface area contributed by atoms with E-state index in [1.54, 1.807) is 17.2 Å². The SMILES string of the molecule is O=c1oc2ccccc2n1CCCN1CCC[C@H](Cn2cncn2)C1. The first-order valence-electron chi connectivity index (χ1n) is 8.93. The number of benzene rings is 1. The molecule has 4 rings (SSSR count). The maximum atomic E-state index is 12.0. The van der Waals surface area contributed by atoms with Crippen LogP contribution in [0.3, 0.4) is 0 Å². The molecule has 1 atom stereocenters. The second kappa shape index (κ2) is 7.23. The van der Waals surface area contributed by atoms with Gasteiger partial charge in [0, 0.05) is 19.6 Å². The zero-order chi connectivity index (χ0) is 17.1. The van der Waals surface area contributed by atoms with Crippen molar-refractivity contribution in [3.05, 3.63) is 47.5 Å². The molecule has 1 aliphatic heterocycles. The van der Waals surface area contributed by atoms with Crippen molar-refractivity contribution in [2.75, 3.05) is 19.6 Å². The topological polar surface area (TPSA) is 69.1 Å². The number of aromatic nitrogens is 4. The summed E-state index contributed by atoms with van der Waals surface area (Å²) in [6, 6.07) is 7.60. The van der Waals surface area contributed by atoms with E-state index in [9.17, 15) is 4.79 Å². The van der Waals surface area contributed by atoms with E-state index in [-0.39, 0.29) is 5.76 Å². The fourth-order valence-corrected chi connectivity index (χ4v) is 3.77. The fourth-order valence-electron chi connectivity index (χ4n) is 3.77. The number of aryl methyl sites for hydroxylation is 1. The number of oxazole rings is 1. The van der Waals surface area contributed by atoms with Crippen molar-refractivity contribution in [3.8, 4) is 0 Å². The number of piperidine rings is 1. The second-order valence-electron chi connectivity index (χ2n) is 6.77. The van der Waals surface area contributed by atoms with E-state index in [4.69, 9.17) is 4.42 Å². The van der Waals surface area contributed by atoms with Gasteiger partial charge in [-0.25, -0.2) is 9.78 Å². The lowest BCUT2D eigenvalue weighted by atomic mass is 9.98. The Morgan fingerprint density at radius 3 is 3.04 bits per heavy atom. The van der Waals surface area contributed by atoms with Gasteiger partial charge >= 0.3 is 5.76 Å². The minimum absolute atomic E-state index is 0.260. The van der Waals surface area contributed by atoms with Crippen LogP contribution in [0.1, 0.15) is 19.3 Å². The molecule has 1 aliphatic rings. The van der Waals surface area contributed by atoms with Gasteiger partial charge in [0.05, 0.1) is 5.52 Å². The van der Waals surface area contributed by atoms with Gasteiger partial charge in [-0.15, -0.1) is 0 Å². The normalized spacial score (nSPS) is 18.8. The molecule has 0 bridgehead atoms. The van der Waals surface area contributed by atoms with Gasteiger partial charge in [0.25, 0.3) is 0 Å². The van der Waals surface area contributed by atoms with Gasteiger partial charge in [-0.1, -0.05) is 12.1 Å². The predicted molar refractivity (Wildman–Crippen MR) is 94.3 cm³/mol.